The van der Waals surface area contributed by atoms with Crippen molar-refractivity contribution < 1.29 is 9.47 Å². The van der Waals surface area contributed by atoms with Crippen molar-refractivity contribution in [2.75, 3.05) is 13.3 Å². The van der Waals surface area contributed by atoms with E-state index in [1.807, 2.05) is 0 Å². The van der Waals surface area contributed by atoms with Gasteiger partial charge in [0.2, 0.25) is 6.79 Å². The summed E-state index contributed by atoms with van der Waals surface area (Å²) in [5, 5.41) is 3.53. The second kappa shape index (κ2) is 4.50. The van der Waals surface area contributed by atoms with Crippen molar-refractivity contribution in [2.45, 2.75) is 32.2 Å². The zero-order chi connectivity index (χ0) is 11.8. The quantitative estimate of drug-likeness (QED) is 0.910. The van der Waals surface area contributed by atoms with E-state index in [1.54, 1.807) is 0 Å². The third kappa shape index (κ3) is 2.04. The van der Waals surface area contributed by atoms with Crippen molar-refractivity contribution in [3.05, 3.63) is 21.7 Å². The molecule has 1 aromatic carbocycles. The van der Waals surface area contributed by atoms with Crippen molar-refractivity contribution in [1.29, 1.82) is 0 Å². The Bertz CT molecular complexity index is 442. The fourth-order valence-corrected chi connectivity index (χ4v) is 3.19. The van der Waals surface area contributed by atoms with Crippen LogP contribution in [0, 0.1) is 6.92 Å². The molecule has 0 bridgehead atoms. The van der Waals surface area contributed by atoms with Gasteiger partial charge in [0.25, 0.3) is 0 Å². The van der Waals surface area contributed by atoms with Gasteiger partial charge >= 0.3 is 0 Å². The first-order valence-electron chi connectivity index (χ1n) is 6.06. The Balaban J connectivity index is 1.91. The Kier molecular flexibility index (Phi) is 3.01. The van der Waals surface area contributed by atoms with Crippen LogP contribution in [0.15, 0.2) is 10.5 Å². The maximum Gasteiger partial charge on any atom is 0.231 e. The van der Waals surface area contributed by atoms with E-state index in [0.717, 1.165) is 28.9 Å². The number of ether oxygens (including phenoxy) is 2. The summed E-state index contributed by atoms with van der Waals surface area (Å²) in [6, 6.07) is 2.78. The molecule has 0 amide bonds. The average molecular weight is 298 g/mol. The highest BCUT2D eigenvalue weighted by Crippen LogP contribution is 2.43. The number of rotatable bonds is 2. The fraction of sp³-hybridized carbons (Fsp3) is 0.538. The number of benzene rings is 1. The van der Waals surface area contributed by atoms with Gasteiger partial charge in [0.1, 0.15) is 0 Å². The molecule has 2 heterocycles. The van der Waals surface area contributed by atoms with E-state index in [4.69, 9.17) is 9.47 Å². The minimum Gasteiger partial charge on any atom is -0.453 e. The first kappa shape index (κ1) is 11.4. The van der Waals surface area contributed by atoms with Gasteiger partial charge in [-0.3, -0.25) is 0 Å². The molecule has 2 aliphatic rings. The number of fused-ring (bicyclic) bond motifs is 1. The van der Waals surface area contributed by atoms with Crippen LogP contribution in [-0.2, 0) is 6.42 Å². The van der Waals surface area contributed by atoms with Crippen LogP contribution in [0.1, 0.15) is 24.0 Å². The van der Waals surface area contributed by atoms with Crippen molar-refractivity contribution in [3.8, 4) is 11.5 Å². The largest absolute Gasteiger partial charge is 0.453 e. The molecule has 17 heavy (non-hydrogen) atoms. The van der Waals surface area contributed by atoms with E-state index in [9.17, 15) is 0 Å². The predicted octanol–water partition coefficient (Wildman–Crippen LogP) is 2.78. The normalized spacial score (nSPS) is 22.1. The predicted molar refractivity (Wildman–Crippen MR) is 69.7 cm³/mol. The summed E-state index contributed by atoms with van der Waals surface area (Å²) in [4.78, 5) is 0. The molecule has 1 unspecified atom stereocenters. The second-order valence-electron chi connectivity index (χ2n) is 4.70. The van der Waals surface area contributed by atoms with Gasteiger partial charge in [-0.25, -0.2) is 0 Å². The van der Waals surface area contributed by atoms with Gasteiger partial charge in [0, 0.05) is 6.04 Å². The monoisotopic (exact) mass is 297 g/mol. The molecular formula is C13H16BrNO2. The fourth-order valence-electron chi connectivity index (χ4n) is 2.62. The highest BCUT2D eigenvalue weighted by Gasteiger charge is 2.24. The van der Waals surface area contributed by atoms with Crippen LogP contribution in [0.3, 0.4) is 0 Å². The van der Waals surface area contributed by atoms with E-state index >= 15 is 0 Å². The molecule has 3 nitrogen and oxygen atoms in total. The standard InChI is InChI=1S/C13H16BrNO2/c1-8-9(5-10-3-2-4-15-10)6-11(14)13-12(8)16-7-17-13/h6,10,15H,2-5,7H2,1H3. The van der Waals surface area contributed by atoms with Crippen LogP contribution < -0.4 is 14.8 Å². The number of hydrogen-bond acceptors (Lipinski definition) is 3. The summed E-state index contributed by atoms with van der Waals surface area (Å²) in [6.07, 6.45) is 3.63. The van der Waals surface area contributed by atoms with Crippen molar-refractivity contribution in [3.63, 3.8) is 0 Å². The lowest BCUT2D eigenvalue weighted by Crippen LogP contribution is -2.24. The van der Waals surface area contributed by atoms with Crippen LogP contribution in [0.5, 0.6) is 11.5 Å². The lowest BCUT2D eigenvalue weighted by atomic mass is 9.99. The Morgan fingerprint density at radius 3 is 3.00 bits per heavy atom. The van der Waals surface area contributed by atoms with E-state index < -0.39 is 0 Å². The van der Waals surface area contributed by atoms with E-state index in [-0.39, 0.29) is 0 Å². The first-order valence-corrected chi connectivity index (χ1v) is 6.86. The van der Waals surface area contributed by atoms with Gasteiger partial charge < -0.3 is 14.8 Å². The van der Waals surface area contributed by atoms with Gasteiger partial charge in [0.15, 0.2) is 11.5 Å². The van der Waals surface area contributed by atoms with Gasteiger partial charge in [-0.05, 0) is 65.9 Å². The molecule has 0 saturated carbocycles. The van der Waals surface area contributed by atoms with Crippen LogP contribution in [0.2, 0.25) is 0 Å². The molecule has 1 fully saturated rings. The second-order valence-corrected chi connectivity index (χ2v) is 5.56. The third-order valence-electron chi connectivity index (χ3n) is 3.58. The number of nitrogens with one attached hydrogen (secondary N) is 1. The molecule has 0 aliphatic carbocycles. The Hall–Kier alpha value is -0.740. The number of halogens is 1. The molecule has 2 aliphatic heterocycles. The Labute approximate surface area is 110 Å². The topological polar surface area (TPSA) is 30.5 Å². The third-order valence-corrected chi connectivity index (χ3v) is 4.17. The molecule has 1 N–H and O–H groups in total. The summed E-state index contributed by atoms with van der Waals surface area (Å²) in [5.74, 6) is 1.76. The molecule has 3 rings (SSSR count). The molecule has 1 saturated heterocycles. The zero-order valence-electron chi connectivity index (χ0n) is 9.88. The van der Waals surface area contributed by atoms with Crippen LogP contribution in [0.25, 0.3) is 0 Å². The van der Waals surface area contributed by atoms with Crippen molar-refractivity contribution in [2.24, 2.45) is 0 Å². The molecule has 0 aromatic heterocycles. The molecule has 0 spiro atoms. The van der Waals surface area contributed by atoms with Crippen LogP contribution >= 0.6 is 15.9 Å². The minimum atomic E-state index is 0.333. The van der Waals surface area contributed by atoms with Gasteiger partial charge in [-0.15, -0.1) is 0 Å². The van der Waals surface area contributed by atoms with Gasteiger partial charge in [-0.2, -0.15) is 0 Å². The SMILES string of the molecule is Cc1c(CC2CCCN2)cc(Br)c2c1OCO2. The summed E-state index contributed by atoms with van der Waals surface area (Å²) < 4.78 is 12.0. The van der Waals surface area contributed by atoms with Gasteiger partial charge in [0.05, 0.1) is 4.47 Å². The van der Waals surface area contributed by atoms with E-state index in [1.165, 1.54) is 24.0 Å². The van der Waals surface area contributed by atoms with E-state index in [2.05, 4.69) is 34.2 Å². The van der Waals surface area contributed by atoms with Gasteiger partial charge in [-0.1, -0.05) is 0 Å². The summed E-state index contributed by atoms with van der Waals surface area (Å²) >= 11 is 3.56. The number of hydrogen-bond donors (Lipinski definition) is 1. The summed E-state index contributed by atoms with van der Waals surface area (Å²) in [7, 11) is 0. The Morgan fingerprint density at radius 1 is 1.41 bits per heavy atom. The maximum absolute atomic E-state index is 5.54. The van der Waals surface area contributed by atoms with Crippen molar-refractivity contribution >= 4 is 15.9 Å². The highest BCUT2D eigenvalue weighted by molar-refractivity contribution is 9.10. The van der Waals surface area contributed by atoms with Crippen LogP contribution in [-0.4, -0.2) is 19.4 Å². The first-order chi connectivity index (χ1) is 8.25. The maximum atomic E-state index is 5.54. The summed E-state index contributed by atoms with van der Waals surface area (Å²) in [5.41, 5.74) is 2.56. The lowest BCUT2D eigenvalue weighted by molar-refractivity contribution is 0.173. The molecular weight excluding hydrogens is 282 g/mol. The molecule has 4 heteroatoms. The molecule has 1 atom stereocenters. The minimum absolute atomic E-state index is 0.333. The lowest BCUT2D eigenvalue weighted by Gasteiger charge is -2.14. The van der Waals surface area contributed by atoms with Crippen molar-refractivity contribution in [1.82, 2.24) is 5.32 Å². The average Bonchev–Trinajstić information content (AvgIpc) is 2.96. The summed E-state index contributed by atoms with van der Waals surface area (Å²) in [6.45, 7) is 3.60. The van der Waals surface area contributed by atoms with E-state index in [0.29, 0.717) is 12.8 Å². The van der Waals surface area contributed by atoms with Crippen LogP contribution in [0.4, 0.5) is 0 Å². The molecule has 0 radical (unpaired) electrons. The highest BCUT2D eigenvalue weighted by atomic mass is 79.9. The Morgan fingerprint density at radius 2 is 2.24 bits per heavy atom. The zero-order valence-corrected chi connectivity index (χ0v) is 11.5. The molecule has 1 aromatic rings. The molecule has 92 valence electrons. The smallest absolute Gasteiger partial charge is 0.231 e.